The molecule has 19 heavy (non-hydrogen) atoms. The first kappa shape index (κ1) is 15.8. The highest BCUT2D eigenvalue weighted by molar-refractivity contribution is 5.85. The second-order valence-electron chi connectivity index (χ2n) is 4.63. The second kappa shape index (κ2) is 8.02. The summed E-state index contributed by atoms with van der Waals surface area (Å²) in [6.07, 6.45) is 1.76. The summed E-state index contributed by atoms with van der Waals surface area (Å²) in [7, 11) is 1.82. The van der Waals surface area contributed by atoms with Crippen molar-refractivity contribution in [2.24, 2.45) is 0 Å². The van der Waals surface area contributed by atoms with Gasteiger partial charge in [-0.05, 0) is 31.5 Å². The molecule has 1 amide bonds. The van der Waals surface area contributed by atoms with Gasteiger partial charge in [0, 0.05) is 13.1 Å². The van der Waals surface area contributed by atoms with Crippen molar-refractivity contribution in [2.45, 2.75) is 25.5 Å². The van der Waals surface area contributed by atoms with E-state index in [0.29, 0.717) is 12.6 Å². The van der Waals surface area contributed by atoms with E-state index in [9.17, 15) is 4.79 Å². The Hall–Kier alpha value is -1.26. The third-order valence-electron chi connectivity index (χ3n) is 3.35. The number of rotatable bonds is 3. The first-order valence-electron chi connectivity index (χ1n) is 6.41. The van der Waals surface area contributed by atoms with E-state index in [4.69, 9.17) is 4.74 Å². The quantitative estimate of drug-likeness (QED) is 0.927. The predicted octanol–water partition coefficient (Wildman–Crippen LogP) is 2.43. The third kappa shape index (κ3) is 4.73. The second-order valence-corrected chi connectivity index (χ2v) is 4.63. The van der Waals surface area contributed by atoms with Gasteiger partial charge in [-0.2, -0.15) is 0 Å². The van der Waals surface area contributed by atoms with Gasteiger partial charge in [-0.25, -0.2) is 4.79 Å². The van der Waals surface area contributed by atoms with Crippen molar-refractivity contribution in [2.75, 3.05) is 20.1 Å². The number of amides is 1. The maximum atomic E-state index is 11.9. The van der Waals surface area contributed by atoms with E-state index in [0.717, 1.165) is 31.5 Å². The van der Waals surface area contributed by atoms with Crippen LogP contribution in [-0.2, 0) is 11.3 Å². The molecule has 0 bridgehead atoms. The SMILES string of the molecule is CN(C(=O)OCc1ccccc1)C1CCNCC1.Cl. The maximum Gasteiger partial charge on any atom is 0.410 e. The van der Waals surface area contributed by atoms with Crippen LogP contribution in [0.15, 0.2) is 30.3 Å². The average molecular weight is 285 g/mol. The first-order chi connectivity index (χ1) is 8.77. The van der Waals surface area contributed by atoms with E-state index in [1.807, 2.05) is 37.4 Å². The third-order valence-corrected chi connectivity index (χ3v) is 3.35. The topological polar surface area (TPSA) is 41.6 Å². The molecule has 0 aliphatic carbocycles. The molecule has 0 radical (unpaired) electrons. The molecule has 2 rings (SSSR count). The van der Waals surface area contributed by atoms with Crippen LogP contribution in [0.2, 0.25) is 0 Å². The molecule has 1 aliphatic rings. The highest BCUT2D eigenvalue weighted by Crippen LogP contribution is 2.12. The Kier molecular flexibility index (Phi) is 6.67. The number of nitrogens with zero attached hydrogens (tertiary/aromatic N) is 1. The highest BCUT2D eigenvalue weighted by atomic mass is 35.5. The van der Waals surface area contributed by atoms with Gasteiger partial charge in [0.1, 0.15) is 6.61 Å². The Morgan fingerprint density at radius 3 is 2.58 bits per heavy atom. The van der Waals surface area contributed by atoms with Gasteiger partial charge in [0.25, 0.3) is 0 Å². The Labute approximate surface area is 120 Å². The minimum Gasteiger partial charge on any atom is -0.445 e. The van der Waals surface area contributed by atoms with E-state index in [-0.39, 0.29) is 18.5 Å². The standard InChI is InChI=1S/C14H20N2O2.ClH/c1-16(13-7-9-15-10-8-13)14(17)18-11-12-5-3-2-4-6-12;/h2-6,13,15H,7-11H2,1H3;1H. The van der Waals surface area contributed by atoms with Gasteiger partial charge < -0.3 is 15.0 Å². The van der Waals surface area contributed by atoms with Crippen LogP contribution in [0.4, 0.5) is 4.79 Å². The Balaban J connectivity index is 0.00000180. The number of benzene rings is 1. The molecule has 0 spiro atoms. The lowest BCUT2D eigenvalue weighted by atomic mass is 10.1. The number of carbonyl (C=O) groups excluding carboxylic acids is 1. The molecule has 1 heterocycles. The maximum absolute atomic E-state index is 11.9. The van der Waals surface area contributed by atoms with Crippen molar-refractivity contribution in [1.29, 1.82) is 0 Å². The van der Waals surface area contributed by atoms with E-state index in [1.165, 1.54) is 0 Å². The monoisotopic (exact) mass is 284 g/mol. The summed E-state index contributed by atoms with van der Waals surface area (Å²) in [5.41, 5.74) is 1.02. The largest absolute Gasteiger partial charge is 0.445 e. The lowest BCUT2D eigenvalue weighted by Gasteiger charge is -2.30. The Morgan fingerprint density at radius 1 is 1.32 bits per heavy atom. The van der Waals surface area contributed by atoms with Crippen LogP contribution in [0.1, 0.15) is 18.4 Å². The van der Waals surface area contributed by atoms with Gasteiger partial charge in [-0.1, -0.05) is 30.3 Å². The van der Waals surface area contributed by atoms with Crippen molar-refractivity contribution in [3.05, 3.63) is 35.9 Å². The highest BCUT2D eigenvalue weighted by Gasteiger charge is 2.22. The number of nitrogens with one attached hydrogen (secondary N) is 1. The van der Waals surface area contributed by atoms with Crippen LogP contribution in [-0.4, -0.2) is 37.2 Å². The summed E-state index contributed by atoms with van der Waals surface area (Å²) >= 11 is 0. The molecule has 1 saturated heterocycles. The zero-order valence-corrected chi connectivity index (χ0v) is 12.0. The van der Waals surface area contributed by atoms with Crippen molar-refractivity contribution < 1.29 is 9.53 Å². The molecule has 106 valence electrons. The molecule has 1 aromatic carbocycles. The lowest BCUT2D eigenvalue weighted by molar-refractivity contribution is 0.0850. The summed E-state index contributed by atoms with van der Waals surface area (Å²) in [6, 6.07) is 10.1. The van der Waals surface area contributed by atoms with E-state index < -0.39 is 0 Å². The Morgan fingerprint density at radius 2 is 1.95 bits per heavy atom. The molecule has 5 heteroatoms. The molecule has 1 aliphatic heterocycles. The molecule has 0 saturated carbocycles. The average Bonchev–Trinajstić information content (AvgIpc) is 2.46. The van der Waals surface area contributed by atoms with Gasteiger partial charge in [0.05, 0.1) is 0 Å². The van der Waals surface area contributed by atoms with Gasteiger partial charge in [-0.15, -0.1) is 12.4 Å². The van der Waals surface area contributed by atoms with Gasteiger partial charge >= 0.3 is 6.09 Å². The van der Waals surface area contributed by atoms with Gasteiger partial charge in [0.15, 0.2) is 0 Å². The summed E-state index contributed by atoms with van der Waals surface area (Å²) in [6.45, 7) is 2.29. The molecule has 4 nitrogen and oxygen atoms in total. The number of hydrogen-bond acceptors (Lipinski definition) is 3. The van der Waals surface area contributed by atoms with Crippen LogP contribution < -0.4 is 5.32 Å². The smallest absolute Gasteiger partial charge is 0.410 e. The fraction of sp³-hybridized carbons (Fsp3) is 0.500. The summed E-state index contributed by atoms with van der Waals surface area (Å²) in [5.74, 6) is 0. The van der Waals surface area contributed by atoms with Crippen LogP contribution in [0.3, 0.4) is 0 Å². The molecule has 0 aromatic heterocycles. The summed E-state index contributed by atoms with van der Waals surface area (Å²) < 4.78 is 5.31. The normalized spacial score (nSPS) is 15.4. The predicted molar refractivity (Wildman–Crippen MR) is 77.5 cm³/mol. The molecule has 1 fully saturated rings. The van der Waals surface area contributed by atoms with Crippen molar-refractivity contribution in [3.8, 4) is 0 Å². The number of piperidine rings is 1. The Bertz CT molecular complexity index is 380. The van der Waals surface area contributed by atoms with Crippen LogP contribution in [0, 0.1) is 0 Å². The molecular weight excluding hydrogens is 264 g/mol. The number of hydrogen-bond donors (Lipinski definition) is 1. The van der Waals surface area contributed by atoms with E-state index >= 15 is 0 Å². The van der Waals surface area contributed by atoms with Crippen molar-refractivity contribution in [1.82, 2.24) is 10.2 Å². The molecule has 0 unspecified atom stereocenters. The first-order valence-corrected chi connectivity index (χ1v) is 6.41. The molecular formula is C14H21ClN2O2. The van der Waals surface area contributed by atoms with Crippen molar-refractivity contribution >= 4 is 18.5 Å². The minimum atomic E-state index is -0.231. The van der Waals surface area contributed by atoms with Crippen molar-refractivity contribution in [3.63, 3.8) is 0 Å². The molecule has 1 N–H and O–H groups in total. The van der Waals surface area contributed by atoms with Crippen LogP contribution in [0.25, 0.3) is 0 Å². The fourth-order valence-electron chi connectivity index (χ4n) is 2.16. The lowest BCUT2D eigenvalue weighted by Crippen LogP contribution is -2.44. The zero-order valence-electron chi connectivity index (χ0n) is 11.2. The van der Waals surface area contributed by atoms with Gasteiger partial charge in [-0.3, -0.25) is 0 Å². The molecule has 0 atom stereocenters. The fourth-order valence-corrected chi connectivity index (χ4v) is 2.16. The molecule has 1 aromatic rings. The van der Waals surface area contributed by atoms with Crippen LogP contribution >= 0.6 is 12.4 Å². The number of carbonyl (C=O) groups is 1. The zero-order chi connectivity index (χ0) is 12.8. The van der Waals surface area contributed by atoms with E-state index in [1.54, 1.807) is 4.90 Å². The number of halogens is 1. The summed E-state index contributed by atoms with van der Waals surface area (Å²) in [4.78, 5) is 13.6. The summed E-state index contributed by atoms with van der Waals surface area (Å²) in [5, 5.41) is 3.29. The number of ether oxygens (including phenoxy) is 1. The van der Waals surface area contributed by atoms with Crippen LogP contribution in [0.5, 0.6) is 0 Å². The van der Waals surface area contributed by atoms with Gasteiger partial charge in [0.2, 0.25) is 0 Å². The van der Waals surface area contributed by atoms with E-state index in [2.05, 4.69) is 5.32 Å². The minimum absolute atomic E-state index is 0.